The van der Waals surface area contributed by atoms with Gasteiger partial charge in [0.15, 0.2) is 0 Å². The Bertz CT molecular complexity index is 129. The number of carboxylic acids is 1. The van der Waals surface area contributed by atoms with Gasteiger partial charge in [-0.15, -0.1) is 0 Å². The van der Waals surface area contributed by atoms with Gasteiger partial charge in [0.25, 0.3) is 0 Å². The van der Waals surface area contributed by atoms with Gasteiger partial charge in [-0.3, -0.25) is 4.79 Å². The van der Waals surface area contributed by atoms with Gasteiger partial charge in [0.1, 0.15) is 5.78 Å². The fourth-order valence-electron chi connectivity index (χ4n) is 0.607. The minimum atomic E-state index is -1.08. The van der Waals surface area contributed by atoms with Crippen LogP contribution in [0.1, 0.15) is 32.6 Å². The maximum Gasteiger partial charge on any atom is 0.132 e. The Balaban J connectivity index is 3.20. The molecule has 0 saturated carbocycles. The predicted octanol–water partition coefficient (Wildman–Crippen LogP) is -0.114. The van der Waals surface area contributed by atoms with Crippen molar-refractivity contribution in [3.05, 3.63) is 0 Å². The van der Waals surface area contributed by atoms with E-state index in [1.807, 2.05) is 0 Å². The summed E-state index contributed by atoms with van der Waals surface area (Å²) in [6.07, 6.45) is 1.26. The molecule has 0 heterocycles. The molecule has 0 unspecified atom stereocenters. The summed E-state index contributed by atoms with van der Waals surface area (Å²) in [6, 6.07) is 0. The lowest BCUT2D eigenvalue weighted by Crippen LogP contribution is -2.21. The first-order chi connectivity index (χ1) is 4.66. The Labute approximate surface area is 60.0 Å². The average Bonchev–Trinajstić information content (AvgIpc) is 1.87. The van der Waals surface area contributed by atoms with E-state index in [0.29, 0.717) is 19.3 Å². The van der Waals surface area contributed by atoms with Crippen molar-refractivity contribution >= 4 is 11.8 Å². The molecule has 3 heteroatoms. The van der Waals surface area contributed by atoms with E-state index in [9.17, 15) is 14.7 Å². The molecular formula is C7H11O3-. The van der Waals surface area contributed by atoms with Gasteiger partial charge in [0.2, 0.25) is 0 Å². The Morgan fingerprint density at radius 1 is 1.30 bits per heavy atom. The number of carboxylic acid groups (broad SMARTS) is 1. The maximum absolute atomic E-state index is 10.6. The van der Waals surface area contributed by atoms with Crippen LogP contribution in [0.25, 0.3) is 0 Å². The highest BCUT2D eigenvalue weighted by Crippen LogP contribution is 1.97. The number of hydrogen-bond acceptors (Lipinski definition) is 3. The second-order valence-electron chi connectivity index (χ2n) is 2.12. The zero-order valence-electron chi connectivity index (χ0n) is 6.05. The zero-order chi connectivity index (χ0) is 7.98. The Kier molecular flexibility index (Phi) is 4.54. The predicted molar refractivity (Wildman–Crippen MR) is 34.2 cm³/mol. The minimum absolute atomic E-state index is 0.00819. The van der Waals surface area contributed by atoms with Crippen molar-refractivity contribution in [3.63, 3.8) is 0 Å². The van der Waals surface area contributed by atoms with E-state index in [2.05, 4.69) is 0 Å². The topological polar surface area (TPSA) is 57.2 Å². The van der Waals surface area contributed by atoms with Crippen LogP contribution in [0, 0.1) is 0 Å². The number of Topliss-reactive ketones (excluding diaryl/α,β-unsaturated/α-hetero) is 1. The van der Waals surface area contributed by atoms with Gasteiger partial charge in [-0.25, -0.2) is 0 Å². The number of aliphatic carboxylic acids is 1. The molecule has 0 aliphatic heterocycles. The van der Waals surface area contributed by atoms with Gasteiger partial charge in [0.05, 0.1) is 0 Å². The Morgan fingerprint density at radius 3 is 2.30 bits per heavy atom. The highest BCUT2D eigenvalue weighted by molar-refractivity contribution is 5.78. The van der Waals surface area contributed by atoms with Gasteiger partial charge in [-0.1, -0.05) is 6.92 Å². The lowest BCUT2D eigenvalue weighted by atomic mass is 10.1. The summed E-state index contributed by atoms with van der Waals surface area (Å²) in [4.78, 5) is 20.4. The van der Waals surface area contributed by atoms with Crippen molar-refractivity contribution < 1.29 is 14.7 Å². The van der Waals surface area contributed by atoms with E-state index in [1.165, 1.54) is 0 Å². The molecule has 0 aromatic heterocycles. The lowest BCUT2D eigenvalue weighted by molar-refractivity contribution is -0.305. The van der Waals surface area contributed by atoms with Crippen molar-refractivity contribution in [2.24, 2.45) is 0 Å². The van der Waals surface area contributed by atoms with E-state index in [-0.39, 0.29) is 12.2 Å². The monoisotopic (exact) mass is 143 g/mol. The van der Waals surface area contributed by atoms with Gasteiger partial charge in [0, 0.05) is 18.8 Å². The number of hydrogen-bond donors (Lipinski definition) is 0. The van der Waals surface area contributed by atoms with Crippen LogP contribution in [0.15, 0.2) is 0 Å². The fraction of sp³-hybridized carbons (Fsp3) is 0.714. The van der Waals surface area contributed by atoms with Crippen LogP contribution >= 0.6 is 0 Å². The third-order valence-corrected chi connectivity index (χ3v) is 1.23. The molecule has 58 valence electrons. The van der Waals surface area contributed by atoms with Crippen molar-refractivity contribution in [3.8, 4) is 0 Å². The summed E-state index contributed by atoms with van der Waals surface area (Å²) in [5.74, 6) is -0.967. The minimum Gasteiger partial charge on any atom is -0.550 e. The summed E-state index contributed by atoms with van der Waals surface area (Å²) in [7, 11) is 0. The molecule has 0 bridgehead atoms. The largest absolute Gasteiger partial charge is 0.550 e. The molecule has 10 heavy (non-hydrogen) atoms. The van der Waals surface area contributed by atoms with Gasteiger partial charge >= 0.3 is 0 Å². The molecule has 0 N–H and O–H groups in total. The molecule has 0 fully saturated rings. The fourth-order valence-corrected chi connectivity index (χ4v) is 0.607. The molecule has 3 nitrogen and oxygen atoms in total. The van der Waals surface area contributed by atoms with Crippen molar-refractivity contribution in [1.29, 1.82) is 0 Å². The average molecular weight is 143 g/mol. The molecule has 0 spiro atoms. The van der Waals surface area contributed by atoms with E-state index in [4.69, 9.17) is 0 Å². The standard InChI is InChI=1S/C7H12O3/c1-2-6(8)4-3-5-7(9)10/h2-5H2,1H3,(H,9,10)/p-1. The summed E-state index contributed by atoms with van der Waals surface area (Å²) >= 11 is 0. The van der Waals surface area contributed by atoms with Crippen LogP contribution in [-0.4, -0.2) is 11.8 Å². The molecule has 0 aliphatic rings. The van der Waals surface area contributed by atoms with Gasteiger partial charge < -0.3 is 9.90 Å². The van der Waals surface area contributed by atoms with Crippen LogP contribution in [0.2, 0.25) is 0 Å². The van der Waals surface area contributed by atoms with Gasteiger partial charge in [-0.05, 0) is 12.8 Å². The number of ketones is 1. The zero-order valence-corrected chi connectivity index (χ0v) is 6.05. The second-order valence-corrected chi connectivity index (χ2v) is 2.12. The van der Waals surface area contributed by atoms with Crippen molar-refractivity contribution in [2.45, 2.75) is 32.6 Å². The number of carbonyl (C=O) groups excluding carboxylic acids is 2. The molecule has 0 aromatic carbocycles. The van der Waals surface area contributed by atoms with Gasteiger partial charge in [-0.2, -0.15) is 0 Å². The molecule has 0 aromatic rings. The molecule has 0 saturated heterocycles. The molecule has 0 amide bonds. The van der Waals surface area contributed by atoms with Crippen LogP contribution < -0.4 is 5.11 Å². The summed E-state index contributed by atoms with van der Waals surface area (Å²) in [6.45, 7) is 1.77. The Morgan fingerprint density at radius 2 is 1.90 bits per heavy atom. The summed E-state index contributed by atoms with van der Waals surface area (Å²) in [5.41, 5.74) is 0. The van der Waals surface area contributed by atoms with Crippen LogP contribution in [-0.2, 0) is 9.59 Å². The van der Waals surface area contributed by atoms with E-state index < -0.39 is 5.97 Å². The third kappa shape index (κ3) is 5.28. The van der Waals surface area contributed by atoms with Crippen LogP contribution in [0.5, 0.6) is 0 Å². The SMILES string of the molecule is CCC(=O)CCCC(=O)[O-]. The first-order valence-corrected chi connectivity index (χ1v) is 3.38. The highest BCUT2D eigenvalue weighted by atomic mass is 16.4. The molecular weight excluding hydrogens is 132 g/mol. The van der Waals surface area contributed by atoms with Crippen molar-refractivity contribution in [2.75, 3.05) is 0 Å². The lowest BCUT2D eigenvalue weighted by Gasteiger charge is -1.98. The summed E-state index contributed by atoms with van der Waals surface area (Å²) in [5, 5.41) is 9.85. The molecule has 0 rings (SSSR count). The normalized spacial score (nSPS) is 9.30. The number of carbonyl (C=O) groups is 2. The quantitative estimate of drug-likeness (QED) is 0.539. The highest BCUT2D eigenvalue weighted by Gasteiger charge is 1.96. The smallest absolute Gasteiger partial charge is 0.132 e. The molecule has 0 radical (unpaired) electrons. The van der Waals surface area contributed by atoms with E-state index >= 15 is 0 Å². The number of rotatable bonds is 5. The first kappa shape index (κ1) is 9.14. The second kappa shape index (κ2) is 4.97. The van der Waals surface area contributed by atoms with E-state index in [1.54, 1.807) is 6.92 Å². The molecule has 0 atom stereocenters. The maximum atomic E-state index is 10.6. The van der Waals surface area contributed by atoms with Crippen LogP contribution in [0.3, 0.4) is 0 Å². The van der Waals surface area contributed by atoms with Crippen LogP contribution in [0.4, 0.5) is 0 Å². The first-order valence-electron chi connectivity index (χ1n) is 3.38. The molecule has 0 aliphatic carbocycles. The third-order valence-electron chi connectivity index (χ3n) is 1.23. The van der Waals surface area contributed by atoms with E-state index in [0.717, 1.165) is 0 Å². The Hall–Kier alpha value is -0.860. The summed E-state index contributed by atoms with van der Waals surface area (Å²) < 4.78 is 0. The van der Waals surface area contributed by atoms with Crippen molar-refractivity contribution in [1.82, 2.24) is 0 Å².